The monoisotopic (exact) mass is 307 g/mol. The molecule has 1 unspecified atom stereocenters. The summed E-state index contributed by atoms with van der Waals surface area (Å²) < 4.78 is 4.92. The highest BCUT2D eigenvalue weighted by Gasteiger charge is 2.20. The lowest BCUT2D eigenvalue weighted by Crippen LogP contribution is -2.25. The van der Waals surface area contributed by atoms with Crippen LogP contribution in [0.25, 0.3) is 0 Å². The van der Waals surface area contributed by atoms with Gasteiger partial charge in [-0.25, -0.2) is 9.97 Å². The first-order valence-electron chi connectivity index (χ1n) is 6.50. The fourth-order valence-electron chi connectivity index (χ4n) is 1.70. The summed E-state index contributed by atoms with van der Waals surface area (Å²) >= 11 is 1.28. The van der Waals surface area contributed by atoms with Crippen LogP contribution in [0.3, 0.4) is 0 Å². The Bertz CT molecular complexity index is 623. The lowest BCUT2D eigenvalue weighted by molar-refractivity contribution is -0.115. The molecule has 3 N–H and O–H groups in total. The first-order valence-corrected chi connectivity index (χ1v) is 7.38. The molecule has 8 heteroatoms. The Morgan fingerprint density at radius 3 is 2.76 bits per heavy atom. The number of nitrogen functional groups attached to an aromatic ring is 1. The molecular weight excluding hydrogens is 290 g/mol. The van der Waals surface area contributed by atoms with Gasteiger partial charge in [0.1, 0.15) is 11.6 Å². The number of nitrogens with two attached hydrogens (primary N) is 1. The van der Waals surface area contributed by atoms with Crippen LogP contribution in [-0.4, -0.2) is 26.3 Å². The Labute approximate surface area is 126 Å². The molecule has 0 bridgehead atoms. The zero-order chi connectivity index (χ0) is 15.4. The van der Waals surface area contributed by atoms with Gasteiger partial charge in [-0.1, -0.05) is 23.8 Å². The quantitative estimate of drug-likeness (QED) is 0.644. The van der Waals surface area contributed by atoms with E-state index in [1.807, 2.05) is 13.8 Å². The van der Waals surface area contributed by atoms with E-state index in [0.29, 0.717) is 29.0 Å². The van der Waals surface area contributed by atoms with Gasteiger partial charge in [-0.2, -0.15) is 0 Å². The highest BCUT2D eigenvalue weighted by atomic mass is 32.2. The van der Waals surface area contributed by atoms with Gasteiger partial charge in [-0.05, 0) is 20.3 Å². The van der Waals surface area contributed by atoms with E-state index in [2.05, 4.69) is 20.4 Å². The molecule has 0 aliphatic carbocycles. The van der Waals surface area contributed by atoms with Gasteiger partial charge in [-0.3, -0.25) is 4.79 Å². The number of hydrogen-bond donors (Lipinski definition) is 2. The number of thioether (sulfide) groups is 1. The van der Waals surface area contributed by atoms with Crippen molar-refractivity contribution in [3.05, 3.63) is 23.6 Å². The lowest BCUT2D eigenvalue weighted by atomic mass is 10.3. The van der Waals surface area contributed by atoms with Crippen molar-refractivity contribution in [2.75, 3.05) is 11.1 Å². The first-order chi connectivity index (χ1) is 9.97. The maximum absolute atomic E-state index is 12.2. The molecule has 2 rings (SSSR count). The molecule has 0 spiro atoms. The number of carbonyl (C=O) groups excluding carboxylic acids is 1. The minimum atomic E-state index is -0.330. The van der Waals surface area contributed by atoms with Gasteiger partial charge in [0.05, 0.1) is 5.25 Å². The Kier molecular flexibility index (Phi) is 4.79. The first kappa shape index (κ1) is 15.3. The predicted molar refractivity (Wildman–Crippen MR) is 81.0 cm³/mol. The number of hydrogen-bond acceptors (Lipinski definition) is 7. The summed E-state index contributed by atoms with van der Waals surface area (Å²) in [4.78, 5) is 20.6. The molecule has 1 atom stereocenters. The minimum Gasteiger partial charge on any atom is -0.384 e. The molecule has 0 aliphatic rings. The summed E-state index contributed by atoms with van der Waals surface area (Å²) in [6, 6.07) is 3.35. The molecule has 0 saturated carbocycles. The third kappa shape index (κ3) is 4.19. The molecule has 0 radical (unpaired) electrons. The summed E-state index contributed by atoms with van der Waals surface area (Å²) in [6.45, 7) is 5.52. The van der Waals surface area contributed by atoms with E-state index in [1.165, 1.54) is 11.8 Å². The third-order valence-electron chi connectivity index (χ3n) is 2.64. The fourth-order valence-corrected chi connectivity index (χ4v) is 2.64. The number of carbonyl (C=O) groups is 1. The molecule has 0 fully saturated rings. The van der Waals surface area contributed by atoms with E-state index >= 15 is 0 Å². The van der Waals surface area contributed by atoms with Crippen molar-refractivity contribution < 1.29 is 9.32 Å². The molecule has 2 aromatic heterocycles. The minimum absolute atomic E-state index is 0.167. The van der Waals surface area contributed by atoms with E-state index in [4.69, 9.17) is 10.3 Å². The van der Waals surface area contributed by atoms with Crippen LogP contribution in [0.5, 0.6) is 0 Å². The number of aromatic nitrogens is 3. The molecule has 112 valence electrons. The molecule has 0 saturated heterocycles. The number of nitrogens with zero attached hydrogens (tertiary/aromatic N) is 3. The van der Waals surface area contributed by atoms with Gasteiger partial charge in [0.25, 0.3) is 0 Å². The number of anilines is 2. The van der Waals surface area contributed by atoms with Gasteiger partial charge < -0.3 is 15.6 Å². The highest BCUT2D eigenvalue weighted by Crippen LogP contribution is 2.24. The Morgan fingerprint density at radius 1 is 1.43 bits per heavy atom. The van der Waals surface area contributed by atoms with Gasteiger partial charge in [0.15, 0.2) is 11.0 Å². The molecular formula is C13H17N5O2S. The third-order valence-corrected chi connectivity index (χ3v) is 3.87. The van der Waals surface area contributed by atoms with Crippen molar-refractivity contribution in [3.8, 4) is 0 Å². The average molecular weight is 307 g/mol. The maximum atomic E-state index is 12.2. The Morgan fingerprint density at radius 2 is 2.19 bits per heavy atom. The normalized spacial score (nSPS) is 12.1. The molecule has 21 heavy (non-hydrogen) atoms. The molecule has 7 nitrogen and oxygen atoms in total. The van der Waals surface area contributed by atoms with Crippen LogP contribution in [0.4, 0.5) is 11.6 Å². The fraction of sp³-hybridized carbons (Fsp3) is 0.385. The zero-order valence-corrected chi connectivity index (χ0v) is 12.9. The number of rotatable bonds is 5. The molecule has 1 amide bonds. The summed E-state index contributed by atoms with van der Waals surface area (Å²) in [6.07, 6.45) is 0.630. The average Bonchev–Trinajstić information content (AvgIpc) is 2.80. The zero-order valence-electron chi connectivity index (χ0n) is 12.1. The predicted octanol–water partition coefficient (Wildman–Crippen LogP) is 2.17. The molecule has 2 heterocycles. The summed E-state index contributed by atoms with van der Waals surface area (Å²) in [5.74, 6) is 1.27. The van der Waals surface area contributed by atoms with Crippen LogP contribution >= 0.6 is 11.8 Å². The van der Waals surface area contributed by atoms with Gasteiger partial charge in [0.2, 0.25) is 5.91 Å². The summed E-state index contributed by atoms with van der Waals surface area (Å²) in [5.41, 5.74) is 6.46. The van der Waals surface area contributed by atoms with Crippen molar-refractivity contribution in [2.24, 2.45) is 0 Å². The van der Waals surface area contributed by atoms with Gasteiger partial charge >= 0.3 is 0 Å². The van der Waals surface area contributed by atoms with Gasteiger partial charge in [-0.15, -0.1) is 0 Å². The lowest BCUT2D eigenvalue weighted by Gasteiger charge is -2.12. The van der Waals surface area contributed by atoms with Crippen LogP contribution in [-0.2, 0) is 4.79 Å². The van der Waals surface area contributed by atoms with E-state index in [0.717, 1.165) is 5.69 Å². The van der Waals surface area contributed by atoms with Crippen LogP contribution in [0.15, 0.2) is 21.8 Å². The Balaban J connectivity index is 2.06. The standard InChI is InChI=1S/C13H17N5O2S/c1-4-9(12(19)17-11-6-8(3)20-18-11)21-13-15-7(2)5-10(14)16-13/h5-6,9H,4H2,1-3H3,(H2,14,15,16)(H,17,18,19). The van der Waals surface area contributed by atoms with Crippen molar-refractivity contribution in [3.63, 3.8) is 0 Å². The maximum Gasteiger partial charge on any atom is 0.239 e. The van der Waals surface area contributed by atoms with Crippen LogP contribution in [0.1, 0.15) is 24.8 Å². The van der Waals surface area contributed by atoms with Crippen molar-refractivity contribution in [1.82, 2.24) is 15.1 Å². The summed E-state index contributed by atoms with van der Waals surface area (Å²) in [7, 11) is 0. The van der Waals surface area contributed by atoms with Crippen molar-refractivity contribution >= 4 is 29.3 Å². The van der Waals surface area contributed by atoms with Crippen LogP contribution in [0.2, 0.25) is 0 Å². The second kappa shape index (κ2) is 6.57. The molecule has 2 aromatic rings. The second-order valence-corrected chi connectivity index (χ2v) is 5.71. The van der Waals surface area contributed by atoms with Gasteiger partial charge in [0, 0.05) is 17.8 Å². The number of nitrogens with one attached hydrogen (secondary N) is 1. The summed E-state index contributed by atoms with van der Waals surface area (Å²) in [5, 5.41) is 6.61. The topological polar surface area (TPSA) is 107 Å². The van der Waals surface area contributed by atoms with Crippen LogP contribution < -0.4 is 11.1 Å². The molecule has 0 aliphatic heterocycles. The van der Waals surface area contributed by atoms with E-state index in [9.17, 15) is 4.79 Å². The van der Waals surface area contributed by atoms with E-state index < -0.39 is 0 Å². The Hall–Kier alpha value is -2.09. The largest absolute Gasteiger partial charge is 0.384 e. The SMILES string of the molecule is CCC(Sc1nc(C)cc(N)n1)C(=O)Nc1cc(C)on1. The highest BCUT2D eigenvalue weighted by molar-refractivity contribution is 8.00. The van der Waals surface area contributed by atoms with Crippen molar-refractivity contribution in [2.45, 2.75) is 37.6 Å². The second-order valence-electron chi connectivity index (χ2n) is 4.54. The molecule has 0 aromatic carbocycles. The smallest absolute Gasteiger partial charge is 0.239 e. The number of amides is 1. The van der Waals surface area contributed by atoms with Crippen molar-refractivity contribution in [1.29, 1.82) is 0 Å². The van der Waals surface area contributed by atoms with E-state index in [-0.39, 0.29) is 11.2 Å². The van der Waals surface area contributed by atoms with E-state index in [1.54, 1.807) is 19.1 Å². The van der Waals surface area contributed by atoms with Crippen LogP contribution in [0, 0.1) is 13.8 Å². The number of aryl methyl sites for hydroxylation is 2.